The molecule has 29 heavy (non-hydrogen) atoms. The lowest BCUT2D eigenvalue weighted by molar-refractivity contribution is 0.131. The van der Waals surface area contributed by atoms with Crippen LogP contribution < -0.4 is 10.1 Å². The first-order valence-corrected chi connectivity index (χ1v) is 10.1. The van der Waals surface area contributed by atoms with Gasteiger partial charge in [-0.3, -0.25) is 4.90 Å². The summed E-state index contributed by atoms with van der Waals surface area (Å²) in [5, 5.41) is 3.18. The minimum atomic E-state index is -0.174. The van der Waals surface area contributed by atoms with Gasteiger partial charge in [0.15, 0.2) is 0 Å². The second kappa shape index (κ2) is 9.74. The molecule has 0 spiro atoms. The van der Waals surface area contributed by atoms with E-state index in [-0.39, 0.29) is 23.8 Å². The molecule has 0 unspecified atom stereocenters. The van der Waals surface area contributed by atoms with E-state index in [4.69, 9.17) is 4.74 Å². The smallest absolute Gasteiger partial charge is 0.317 e. The molecule has 0 aromatic heterocycles. The molecule has 1 N–H and O–H groups in total. The van der Waals surface area contributed by atoms with Crippen molar-refractivity contribution in [2.45, 2.75) is 26.4 Å². The van der Waals surface area contributed by atoms with Crippen LogP contribution in [0.5, 0.6) is 5.75 Å². The molecule has 1 heterocycles. The fourth-order valence-electron chi connectivity index (χ4n) is 3.65. The van der Waals surface area contributed by atoms with Crippen LogP contribution in [0.3, 0.4) is 0 Å². The van der Waals surface area contributed by atoms with Crippen molar-refractivity contribution in [2.75, 3.05) is 33.3 Å². The minimum absolute atomic E-state index is 0.0509. The number of nitrogens with zero attached hydrogens (tertiary/aromatic N) is 2. The number of halogens is 1. The van der Waals surface area contributed by atoms with Crippen LogP contribution in [0.1, 0.15) is 31.0 Å². The maximum absolute atomic E-state index is 13.9. The number of hydrogen-bond donors (Lipinski definition) is 1. The molecule has 1 saturated heterocycles. The normalized spacial score (nSPS) is 16.0. The van der Waals surface area contributed by atoms with Gasteiger partial charge in [0, 0.05) is 38.3 Å². The Morgan fingerprint density at radius 1 is 1.07 bits per heavy atom. The average molecular weight is 400 g/mol. The van der Waals surface area contributed by atoms with E-state index >= 15 is 0 Å². The first-order chi connectivity index (χ1) is 14.0. The highest BCUT2D eigenvalue weighted by Crippen LogP contribution is 2.24. The quantitative estimate of drug-likeness (QED) is 0.797. The van der Waals surface area contributed by atoms with Crippen molar-refractivity contribution in [3.8, 4) is 5.75 Å². The predicted molar refractivity (Wildman–Crippen MR) is 112 cm³/mol. The van der Waals surface area contributed by atoms with E-state index in [9.17, 15) is 9.18 Å². The van der Waals surface area contributed by atoms with Crippen LogP contribution in [-0.2, 0) is 6.54 Å². The predicted octanol–water partition coefficient (Wildman–Crippen LogP) is 4.06. The van der Waals surface area contributed by atoms with E-state index in [0.717, 1.165) is 24.4 Å². The minimum Gasteiger partial charge on any atom is -0.497 e. The fraction of sp³-hybridized carbons (Fsp3) is 0.435. The lowest BCUT2D eigenvalue weighted by atomic mass is 9.96. The standard InChI is InChI=1S/C23H30FN3O2/c1-17(2)22(18-8-10-20(29-3)11-9-18)25-23(28)27-14-12-26(13-15-27)16-19-6-4-5-7-21(19)24/h4-11,17,22H,12-16H2,1-3H3,(H,25,28)/t22-/m0/s1. The van der Waals surface area contributed by atoms with Crippen molar-refractivity contribution in [1.82, 2.24) is 15.1 Å². The van der Waals surface area contributed by atoms with E-state index in [1.54, 1.807) is 13.2 Å². The third-order valence-corrected chi connectivity index (χ3v) is 5.43. The number of urea groups is 1. The molecule has 0 bridgehead atoms. The van der Waals surface area contributed by atoms with E-state index in [2.05, 4.69) is 24.1 Å². The molecular weight excluding hydrogens is 369 g/mol. The Hall–Kier alpha value is -2.60. The van der Waals surface area contributed by atoms with Crippen LogP contribution in [0.25, 0.3) is 0 Å². The van der Waals surface area contributed by atoms with Crippen molar-refractivity contribution >= 4 is 6.03 Å². The van der Waals surface area contributed by atoms with Crippen molar-refractivity contribution < 1.29 is 13.9 Å². The second-order valence-corrected chi connectivity index (χ2v) is 7.80. The van der Waals surface area contributed by atoms with Crippen LogP contribution in [0, 0.1) is 11.7 Å². The SMILES string of the molecule is COc1ccc([C@@H](NC(=O)N2CCN(Cc3ccccc3F)CC2)C(C)C)cc1. The number of hydrogen-bond acceptors (Lipinski definition) is 3. The highest BCUT2D eigenvalue weighted by Gasteiger charge is 2.25. The van der Waals surface area contributed by atoms with Gasteiger partial charge >= 0.3 is 6.03 Å². The first kappa shape index (κ1) is 21.1. The maximum atomic E-state index is 13.9. The van der Waals surface area contributed by atoms with Gasteiger partial charge in [-0.05, 0) is 29.7 Å². The van der Waals surface area contributed by atoms with E-state index in [0.29, 0.717) is 25.2 Å². The average Bonchev–Trinajstić information content (AvgIpc) is 2.74. The van der Waals surface area contributed by atoms with Crippen molar-refractivity contribution in [1.29, 1.82) is 0 Å². The largest absolute Gasteiger partial charge is 0.497 e. The molecule has 0 saturated carbocycles. The molecule has 1 aliphatic rings. The van der Waals surface area contributed by atoms with Crippen molar-refractivity contribution in [3.05, 3.63) is 65.5 Å². The Labute approximate surface area is 172 Å². The molecular formula is C23H30FN3O2. The zero-order chi connectivity index (χ0) is 20.8. The number of carbonyl (C=O) groups is 1. The summed E-state index contributed by atoms with van der Waals surface area (Å²) in [6, 6.07) is 14.6. The van der Waals surface area contributed by atoms with Gasteiger partial charge in [0.25, 0.3) is 0 Å². The molecule has 3 rings (SSSR count). The first-order valence-electron chi connectivity index (χ1n) is 10.1. The van der Waals surface area contributed by atoms with Gasteiger partial charge < -0.3 is 15.0 Å². The molecule has 2 amide bonds. The number of rotatable bonds is 6. The van der Waals surface area contributed by atoms with Crippen LogP contribution in [0.15, 0.2) is 48.5 Å². The van der Waals surface area contributed by atoms with Gasteiger partial charge in [-0.25, -0.2) is 9.18 Å². The Kier molecular flexibility index (Phi) is 7.09. The number of amides is 2. The second-order valence-electron chi connectivity index (χ2n) is 7.80. The van der Waals surface area contributed by atoms with E-state index in [1.807, 2.05) is 41.3 Å². The Morgan fingerprint density at radius 2 is 1.72 bits per heavy atom. The molecule has 2 aromatic carbocycles. The summed E-state index contributed by atoms with van der Waals surface area (Å²) in [7, 11) is 1.64. The maximum Gasteiger partial charge on any atom is 0.317 e. The molecule has 156 valence electrons. The fourth-order valence-corrected chi connectivity index (χ4v) is 3.65. The topological polar surface area (TPSA) is 44.8 Å². The number of nitrogens with one attached hydrogen (secondary N) is 1. The monoisotopic (exact) mass is 399 g/mol. The molecule has 0 aliphatic carbocycles. The summed E-state index contributed by atoms with van der Waals surface area (Å²) >= 11 is 0. The van der Waals surface area contributed by atoms with E-state index < -0.39 is 0 Å². The molecule has 6 heteroatoms. The van der Waals surface area contributed by atoms with Gasteiger partial charge in [-0.2, -0.15) is 0 Å². The summed E-state index contributed by atoms with van der Waals surface area (Å²) in [4.78, 5) is 16.9. The summed E-state index contributed by atoms with van der Waals surface area (Å²) in [6.45, 7) is 7.50. The Balaban J connectivity index is 1.55. The molecule has 1 aliphatic heterocycles. The zero-order valence-corrected chi connectivity index (χ0v) is 17.4. The number of ether oxygens (including phenoxy) is 1. The van der Waals surface area contributed by atoms with Crippen molar-refractivity contribution in [3.63, 3.8) is 0 Å². The summed E-state index contributed by atoms with van der Waals surface area (Å²) in [6.07, 6.45) is 0. The Morgan fingerprint density at radius 3 is 2.31 bits per heavy atom. The lowest BCUT2D eigenvalue weighted by Gasteiger charge is -2.36. The number of methoxy groups -OCH3 is 1. The number of piperazine rings is 1. The highest BCUT2D eigenvalue weighted by molar-refractivity contribution is 5.75. The van der Waals surface area contributed by atoms with Gasteiger partial charge in [0.2, 0.25) is 0 Å². The molecule has 1 atom stereocenters. The van der Waals surface area contributed by atoms with Crippen LogP contribution >= 0.6 is 0 Å². The summed E-state index contributed by atoms with van der Waals surface area (Å²) in [5.74, 6) is 0.884. The zero-order valence-electron chi connectivity index (χ0n) is 17.4. The lowest BCUT2D eigenvalue weighted by Crippen LogP contribution is -2.52. The molecule has 1 fully saturated rings. The van der Waals surface area contributed by atoms with Crippen LogP contribution in [0.4, 0.5) is 9.18 Å². The number of benzene rings is 2. The van der Waals surface area contributed by atoms with Gasteiger partial charge in [-0.1, -0.05) is 44.2 Å². The van der Waals surface area contributed by atoms with Gasteiger partial charge in [-0.15, -0.1) is 0 Å². The summed E-state index contributed by atoms with van der Waals surface area (Å²) in [5.41, 5.74) is 1.76. The van der Waals surface area contributed by atoms with Crippen molar-refractivity contribution in [2.24, 2.45) is 5.92 Å². The summed E-state index contributed by atoms with van der Waals surface area (Å²) < 4.78 is 19.1. The third kappa shape index (κ3) is 5.48. The van der Waals surface area contributed by atoms with Gasteiger partial charge in [0.1, 0.15) is 11.6 Å². The van der Waals surface area contributed by atoms with Gasteiger partial charge in [0.05, 0.1) is 13.2 Å². The van der Waals surface area contributed by atoms with E-state index in [1.165, 1.54) is 6.07 Å². The number of carbonyl (C=O) groups excluding carboxylic acids is 1. The van der Waals surface area contributed by atoms with Crippen LogP contribution in [-0.4, -0.2) is 49.1 Å². The Bertz CT molecular complexity index is 802. The molecule has 2 aromatic rings. The highest BCUT2D eigenvalue weighted by atomic mass is 19.1. The van der Waals surface area contributed by atoms with Crippen LogP contribution in [0.2, 0.25) is 0 Å². The third-order valence-electron chi connectivity index (χ3n) is 5.43. The molecule has 0 radical (unpaired) electrons. The molecule has 5 nitrogen and oxygen atoms in total.